The van der Waals surface area contributed by atoms with Gasteiger partial charge in [0.2, 0.25) is 0 Å². The number of nitrogens with zero attached hydrogens (tertiary/aromatic N) is 2. The van der Waals surface area contributed by atoms with Gasteiger partial charge in [-0.25, -0.2) is 0 Å². The first-order valence-corrected chi connectivity index (χ1v) is 5.92. The Labute approximate surface area is 108 Å². The van der Waals surface area contributed by atoms with Gasteiger partial charge < -0.3 is 14.4 Å². The molecule has 0 saturated carbocycles. The fraction of sp³-hybridized carbons (Fsp3) is 0.500. The van der Waals surface area contributed by atoms with E-state index in [1.54, 1.807) is 7.11 Å². The molecule has 0 aliphatic carbocycles. The molecule has 2 rings (SSSR count). The highest BCUT2D eigenvalue weighted by Crippen LogP contribution is 2.43. The summed E-state index contributed by atoms with van der Waals surface area (Å²) in [5.74, 6) is 0.813. The maximum atomic E-state index is 9.46. The van der Waals surface area contributed by atoms with E-state index in [0.717, 1.165) is 11.3 Å². The predicted octanol–water partition coefficient (Wildman–Crippen LogP) is 1.84. The van der Waals surface area contributed by atoms with Crippen LogP contribution in [0.4, 0.5) is 0 Å². The molecule has 1 fully saturated rings. The van der Waals surface area contributed by atoms with Crippen molar-refractivity contribution in [1.82, 2.24) is 4.90 Å². The van der Waals surface area contributed by atoms with E-state index in [0.29, 0.717) is 13.2 Å². The van der Waals surface area contributed by atoms with E-state index in [1.165, 1.54) is 0 Å². The molecule has 1 aromatic rings. The summed E-state index contributed by atoms with van der Waals surface area (Å²) in [6.07, 6.45) is 0. The highest BCUT2D eigenvalue weighted by atomic mass is 16.5. The van der Waals surface area contributed by atoms with Crippen LogP contribution in [0.25, 0.3) is 0 Å². The minimum Gasteiger partial charge on any atom is -0.497 e. The molecule has 1 unspecified atom stereocenters. The topological polar surface area (TPSA) is 45.5 Å². The Bertz CT molecular complexity index is 461. The summed E-state index contributed by atoms with van der Waals surface area (Å²) in [7, 11) is 5.62. The van der Waals surface area contributed by atoms with Crippen LogP contribution in [0.2, 0.25) is 0 Å². The lowest BCUT2D eigenvalue weighted by Gasteiger charge is -2.44. The second kappa shape index (κ2) is 4.97. The number of rotatable bonds is 4. The summed E-state index contributed by atoms with van der Waals surface area (Å²) >= 11 is 0. The third-order valence-electron chi connectivity index (χ3n) is 3.39. The molecule has 1 aliphatic rings. The molecule has 1 aliphatic heterocycles. The van der Waals surface area contributed by atoms with Crippen molar-refractivity contribution in [3.05, 3.63) is 29.8 Å². The number of hydrogen-bond acceptors (Lipinski definition) is 4. The van der Waals surface area contributed by atoms with Crippen LogP contribution in [-0.2, 0) is 4.74 Å². The average Bonchev–Trinajstić information content (AvgIpc) is 2.33. The SMILES string of the molecule is COc1cccc(C(N(C)C)C2(C#N)COC2)c1. The minimum absolute atomic E-state index is 0.0198. The summed E-state index contributed by atoms with van der Waals surface area (Å²) in [4.78, 5) is 2.07. The lowest BCUT2D eigenvalue weighted by molar-refractivity contribution is -0.115. The van der Waals surface area contributed by atoms with Crippen molar-refractivity contribution in [1.29, 1.82) is 5.26 Å². The Balaban J connectivity index is 2.39. The van der Waals surface area contributed by atoms with Crippen LogP contribution in [0.1, 0.15) is 11.6 Å². The van der Waals surface area contributed by atoms with Crippen LogP contribution < -0.4 is 4.74 Å². The summed E-state index contributed by atoms with van der Waals surface area (Å²) in [5.41, 5.74) is 0.639. The van der Waals surface area contributed by atoms with Crippen LogP contribution in [0, 0.1) is 16.7 Å². The van der Waals surface area contributed by atoms with E-state index in [4.69, 9.17) is 9.47 Å². The van der Waals surface area contributed by atoms with Crippen molar-refractivity contribution in [2.75, 3.05) is 34.4 Å². The molecule has 4 heteroatoms. The zero-order valence-corrected chi connectivity index (χ0v) is 11.0. The molecule has 0 spiro atoms. The Morgan fingerprint density at radius 3 is 2.61 bits per heavy atom. The van der Waals surface area contributed by atoms with E-state index in [2.05, 4.69) is 11.0 Å². The molecule has 0 aromatic heterocycles. The summed E-state index contributed by atoms with van der Waals surface area (Å²) < 4.78 is 10.5. The highest BCUT2D eigenvalue weighted by Gasteiger charge is 2.48. The van der Waals surface area contributed by atoms with Gasteiger partial charge in [-0.2, -0.15) is 5.26 Å². The van der Waals surface area contributed by atoms with Crippen LogP contribution in [-0.4, -0.2) is 39.3 Å². The van der Waals surface area contributed by atoms with Gasteiger partial charge in [-0.1, -0.05) is 12.1 Å². The molecule has 1 heterocycles. The maximum absolute atomic E-state index is 9.46. The molecule has 0 bridgehead atoms. The van der Waals surface area contributed by atoms with E-state index in [9.17, 15) is 5.26 Å². The van der Waals surface area contributed by atoms with Crippen molar-refractivity contribution in [2.45, 2.75) is 6.04 Å². The molecule has 0 amide bonds. The zero-order chi connectivity index (χ0) is 13.2. The van der Waals surface area contributed by atoms with Crippen LogP contribution in [0.3, 0.4) is 0 Å². The first kappa shape index (κ1) is 12.9. The molecule has 0 N–H and O–H groups in total. The number of nitriles is 1. The Morgan fingerprint density at radius 2 is 2.17 bits per heavy atom. The van der Waals surface area contributed by atoms with Gasteiger partial charge in [0.15, 0.2) is 0 Å². The maximum Gasteiger partial charge on any atom is 0.123 e. The second-order valence-electron chi connectivity index (χ2n) is 4.90. The fourth-order valence-electron chi connectivity index (χ4n) is 2.53. The molecule has 1 saturated heterocycles. The number of hydrogen-bond donors (Lipinski definition) is 0. The first-order valence-electron chi connectivity index (χ1n) is 5.92. The standard InChI is InChI=1S/C14H18N2O2/c1-16(2)13(14(8-15)9-18-10-14)11-5-4-6-12(7-11)17-3/h4-7,13H,9-10H2,1-3H3. The molecule has 1 aromatic carbocycles. The third-order valence-corrected chi connectivity index (χ3v) is 3.39. The summed E-state index contributed by atoms with van der Waals surface area (Å²) in [6, 6.07) is 10.3. The Kier molecular flexibility index (Phi) is 3.55. The summed E-state index contributed by atoms with van der Waals surface area (Å²) in [5, 5.41) is 9.46. The van der Waals surface area contributed by atoms with Crippen molar-refractivity contribution < 1.29 is 9.47 Å². The highest BCUT2D eigenvalue weighted by molar-refractivity contribution is 5.33. The Hall–Kier alpha value is -1.57. The van der Waals surface area contributed by atoms with Gasteiger partial charge in [0.05, 0.1) is 32.4 Å². The average molecular weight is 246 g/mol. The number of benzene rings is 1. The van der Waals surface area contributed by atoms with Crippen LogP contribution in [0.15, 0.2) is 24.3 Å². The molecule has 0 radical (unpaired) electrons. The minimum atomic E-state index is -0.449. The predicted molar refractivity (Wildman–Crippen MR) is 68.3 cm³/mol. The first-order chi connectivity index (χ1) is 8.63. The monoisotopic (exact) mass is 246 g/mol. The normalized spacial score (nSPS) is 18.8. The van der Waals surface area contributed by atoms with Gasteiger partial charge >= 0.3 is 0 Å². The van der Waals surface area contributed by atoms with Gasteiger partial charge in [0.1, 0.15) is 11.2 Å². The van der Waals surface area contributed by atoms with Gasteiger partial charge in [0.25, 0.3) is 0 Å². The van der Waals surface area contributed by atoms with E-state index < -0.39 is 5.41 Å². The van der Waals surface area contributed by atoms with Crippen molar-refractivity contribution in [3.8, 4) is 11.8 Å². The van der Waals surface area contributed by atoms with Crippen molar-refractivity contribution in [2.24, 2.45) is 5.41 Å². The molecule has 1 atom stereocenters. The lowest BCUT2D eigenvalue weighted by Crippen LogP contribution is -2.50. The number of methoxy groups -OCH3 is 1. The second-order valence-corrected chi connectivity index (χ2v) is 4.90. The van der Waals surface area contributed by atoms with Gasteiger partial charge in [-0.3, -0.25) is 0 Å². The fourth-order valence-corrected chi connectivity index (χ4v) is 2.53. The Morgan fingerprint density at radius 1 is 1.44 bits per heavy atom. The van der Waals surface area contributed by atoms with Gasteiger partial charge in [-0.15, -0.1) is 0 Å². The van der Waals surface area contributed by atoms with Crippen LogP contribution in [0.5, 0.6) is 5.75 Å². The van der Waals surface area contributed by atoms with E-state index >= 15 is 0 Å². The van der Waals surface area contributed by atoms with Crippen molar-refractivity contribution in [3.63, 3.8) is 0 Å². The quantitative estimate of drug-likeness (QED) is 0.813. The smallest absolute Gasteiger partial charge is 0.123 e. The third kappa shape index (κ3) is 2.07. The molecule has 4 nitrogen and oxygen atoms in total. The van der Waals surface area contributed by atoms with E-state index in [1.807, 2.05) is 38.4 Å². The van der Waals surface area contributed by atoms with E-state index in [-0.39, 0.29) is 6.04 Å². The number of ether oxygens (including phenoxy) is 2. The van der Waals surface area contributed by atoms with Gasteiger partial charge in [0, 0.05) is 0 Å². The van der Waals surface area contributed by atoms with Crippen LogP contribution >= 0.6 is 0 Å². The molecular weight excluding hydrogens is 228 g/mol. The lowest BCUT2D eigenvalue weighted by atomic mass is 9.76. The largest absolute Gasteiger partial charge is 0.497 e. The molecule has 18 heavy (non-hydrogen) atoms. The zero-order valence-electron chi connectivity index (χ0n) is 11.0. The van der Waals surface area contributed by atoms with Crippen molar-refractivity contribution >= 4 is 0 Å². The molecule has 96 valence electrons. The summed E-state index contributed by atoms with van der Waals surface area (Å²) in [6.45, 7) is 0.979. The van der Waals surface area contributed by atoms with Gasteiger partial charge in [-0.05, 0) is 31.8 Å². The molecular formula is C14H18N2O2.